The molecule has 0 spiro atoms. The van der Waals surface area contributed by atoms with E-state index in [0.717, 1.165) is 29.9 Å². The van der Waals surface area contributed by atoms with Crippen LogP contribution in [-0.4, -0.2) is 54.8 Å². The van der Waals surface area contributed by atoms with Gasteiger partial charge >= 0.3 is 0 Å². The average Bonchev–Trinajstić information content (AvgIpc) is 3.25. The second kappa shape index (κ2) is 6.66. The molecule has 2 saturated heterocycles. The van der Waals surface area contributed by atoms with E-state index < -0.39 is 9.84 Å². The fraction of sp³-hybridized carbons (Fsp3) is 0.529. The molecule has 6 nitrogen and oxygen atoms in total. The third-order valence-electron chi connectivity index (χ3n) is 4.90. The molecule has 25 heavy (non-hydrogen) atoms. The second-order valence-electron chi connectivity index (χ2n) is 6.82. The Morgan fingerprint density at radius 2 is 2.16 bits per heavy atom. The van der Waals surface area contributed by atoms with Crippen LogP contribution in [-0.2, 0) is 14.6 Å². The van der Waals surface area contributed by atoms with Crippen LogP contribution in [0.4, 0.5) is 0 Å². The maximum atomic E-state index is 12.4. The molecule has 1 N–H and O–H groups in total. The number of para-hydroxylation sites is 1. The lowest BCUT2D eigenvalue weighted by molar-refractivity contribution is -0.123. The first-order valence-electron chi connectivity index (χ1n) is 8.59. The molecule has 0 saturated carbocycles. The van der Waals surface area contributed by atoms with Gasteiger partial charge in [0.25, 0.3) is 0 Å². The van der Waals surface area contributed by atoms with Gasteiger partial charge in [-0.25, -0.2) is 13.4 Å². The number of nitrogens with one attached hydrogen (secondary N) is 1. The number of amides is 1. The predicted molar refractivity (Wildman–Crippen MR) is 98.4 cm³/mol. The number of nitrogens with zero attached hydrogens (tertiary/aromatic N) is 2. The minimum absolute atomic E-state index is 0.0695. The number of carbonyl (C=O) groups is 1. The normalized spacial score (nSPS) is 26.2. The molecule has 0 aliphatic carbocycles. The van der Waals surface area contributed by atoms with Crippen LogP contribution in [0.3, 0.4) is 0 Å². The Kier molecular flexibility index (Phi) is 4.51. The van der Waals surface area contributed by atoms with Gasteiger partial charge in [-0.2, -0.15) is 0 Å². The third-order valence-corrected chi connectivity index (χ3v) is 7.81. The van der Waals surface area contributed by atoms with Crippen molar-refractivity contribution in [3.63, 3.8) is 0 Å². The predicted octanol–water partition coefficient (Wildman–Crippen LogP) is 1.74. The van der Waals surface area contributed by atoms with E-state index in [1.807, 2.05) is 18.2 Å². The van der Waals surface area contributed by atoms with Crippen molar-refractivity contribution in [2.24, 2.45) is 0 Å². The summed E-state index contributed by atoms with van der Waals surface area (Å²) in [6, 6.07) is 8.03. The van der Waals surface area contributed by atoms with Crippen molar-refractivity contribution in [3.05, 3.63) is 29.3 Å². The molecule has 0 unspecified atom stereocenters. The van der Waals surface area contributed by atoms with Gasteiger partial charge in [0.15, 0.2) is 9.84 Å². The van der Waals surface area contributed by atoms with Crippen molar-refractivity contribution in [1.82, 2.24) is 15.2 Å². The number of likely N-dealkylation sites (tertiary alicyclic amines) is 1. The molecule has 4 rings (SSSR count). The van der Waals surface area contributed by atoms with Crippen LogP contribution in [0, 0.1) is 0 Å². The molecule has 8 heteroatoms. The Hall–Kier alpha value is -1.51. The van der Waals surface area contributed by atoms with Crippen LogP contribution in [0.2, 0.25) is 0 Å². The number of sulfone groups is 1. The van der Waals surface area contributed by atoms with E-state index in [1.54, 1.807) is 11.3 Å². The minimum Gasteiger partial charge on any atom is -0.351 e. The topological polar surface area (TPSA) is 79.4 Å². The number of benzene rings is 1. The van der Waals surface area contributed by atoms with Crippen LogP contribution in [0.1, 0.15) is 30.3 Å². The van der Waals surface area contributed by atoms with Crippen molar-refractivity contribution in [2.75, 3.05) is 24.6 Å². The van der Waals surface area contributed by atoms with E-state index in [4.69, 9.17) is 4.98 Å². The first kappa shape index (κ1) is 16.9. The largest absolute Gasteiger partial charge is 0.351 e. The number of carbonyl (C=O) groups excluding carboxylic acids is 1. The maximum Gasteiger partial charge on any atom is 0.234 e. The zero-order chi connectivity index (χ0) is 17.4. The van der Waals surface area contributed by atoms with Crippen molar-refractivity contribution < 1.29 is 13.2 Å². The summed E-state index contributed by atoms with van der Waals surface area (Å²) in [7, 11) is -2.97. The number of hydrogen-bond donors (Lipinski definition) is 1. The Morgan fingerprint density at radius 1 is 1.32 bits per heavy atom. The summed E-state index contributed by atoms with van der Waals surface area (Å²) in [5.74, 6) is 0.158. The SMILES string of the molecule is O=C(CN1CCC[C@@H]1c1nc2ccccc2s1)N[C@@H]1CCS(=O)(=O)C1. The van der Waals surface area contributed by atoms with Crippen molar-refractivity contribution in [1.29, 1.82) is 0 Å². The van der Waals surface area contributed by atoms with E-state index in [1.165, 1.54) is 4.70 Å². The highest BCUT2D eigenvalue weighted by Crippen LogP contribution is 2.36. The fourth-order valence-corrected chi connectivity index (χ4v) is 6.50. The van der Waals surface area contributed by atoms with Crippen molar-refractivity contribution in [2.45, 2.75) is 31.3 Å². The molecule has 2 aromatic rings. The van der Waals surface area contributed by atoms with E-state index >= 15 is 0 Å². The number of fused-ring (bicyclic) bond motifs is 1. The molecule has 0 bridgehead atoms. The molecule has 1 aromatic carbocycles. The van der Waals surface area contributed by atoms with Gasteiger partial charge in [-0.1, -0.05) is 12.1 Å². The average molecular weight is 380 g/mol. The van der Waals surface area contributed by atoms with Crippen LogP contribution in [0.25, 0.3) is 10.2 Å². The Morgan fingerprint density at radius 3 is 2.92 bits per heavy atom. The van der Waals surface area contributed by atoms with Crippen LogP contribution < -0.4 is 5.32 Å². The molecule has 1 aromatic heterocycles. The lowest BCUT2D eigenvalue weighted by Gasteiger charge is -2.23. The lowest BCUT2D eigenvalue weighted by atomic mass is 10.2. The molecule has 1 amide bonds. The van der Waals surface area contributed by atoms with Gasteiger partial charge in [0.2, 0.25) is 5.91 Å². The Balaban J connectivity index is 1.42. The van der Waals surface area contributed by atoms with Crippen molar-refractivity contribution in [3.8, 4) is 0 Å². The molecule has 2 atom stereocenters. The summed E-state index contributed by atoms with van der Waals surface area (Å²) in [6.45, 7) is 1.17. The van der Waals surface area contributed by atoms with E-state index in [0.29, 0.717) is 13.0 Å². The molecule has 2 fully saturated rings. The lowest BCUT2D eigenvalue weighted by Crippen LogP contribution is -2.42. The van der Waals surface area contributed by atoms with Gasteiger partial charge < -0.3 is 5.32 Å². The Bertz CT molecular complexity index is 860. The molecule has 3 heterocycles. The van der Waals surface area contributed by atoms with E-state index in [9.17, 15) is 13.2 Å². The number of thiazole rings is 1. The van der Waals surface area contributed by atoms with Gasteiger partial charge in [-0.15, -0.1) is 11.3 Å². The number of rotatable bonds is 4. The summed E-state index contributed by atoms with van der Waals surface area (Å²) in [6.07, 6.45) is 2.58. The standard InChI is InChI=1S/C17H21N3O3S2/c21-16(18-12-7-9-25(22,23)11-12)10-20-8-3-5-14(20)17-19-13-4-1-2-6-15(13)24-17/h1-2,4,6,12,14H,3,5,7-11H2,(H,18,21)/t12-,14-/m1/s1. The van der Waals surface area contributed by atoms with Gasteiger partial charge in [0.1, 0.15) is 5.01 Å². The van der Waals surface area contributed by atoms with Crippen molar-refractivity contribution >= 4 is 37.3 Å². The highest BCUT2D eigenvalue weighted by Gasteiger charge is 2.32. The minimum atomic E-state index is -2.97. The summed E-state index contributed by atoms with van der Waals surface area (Å²) >= 11 is 1.69. The van der Waals surface area contributed by atoms with Gasteiger partial charge in [0.05, 0.1) is 34.3 Å². The molecular formula is C17H21N3O3S2. The summed E-state index contributed by atoms with van der Waals surface area (Å²) < 4.78 is 24.2. The number of hydrogen-bond acceptors (Lipinski definition) is 6. The van der Waals surface area contributed by atoms with Gasteiger partial charge in [-0.3, -0.25) is 9.69 Å². The Labute approximate surface area is 151 Å². The smallest absolute Gasteiger partial charge is 0.234 e. The summed E-state index contributed by atoms with van der Waals surface area (Å²) in [5.41, 5.74) is 1.01. The third kappa shape index (κ3) is 3.70. The quantitative estimate of drug-likeness (QED) is 0.875. The van der Waals surface area contributed by atoms with Crippen LogP contribution >= 0.6 is 11.3 Å². The summed E-state index contributed by atoms with van der Waals surface area (Å²) in [5, 5.41) is 3.95. The fourth-order valence-electron chi connectivity index (χ4n) is 3.69. The van der Waals surface area contributed by atoms with E-state index in [-0.39, 0.29) is 29.5 Å². The first-order valence-corrected chi connectivity index (χ1v) is 11.2. The highest BCUT2D eigenvalue weighted by molar-refractivity contribution is 7.91. The van der Waals surface area contributed by atoms with Crippen LogP contribution in [0.5, 0.6) is 0 Å². The monoisotopic (exact) mass is 379 g/mol. The first-order chi connectivity index (χ1) is 12.0. The zero-order valence-electron chi connectivity index (χ0n) is 13.8. The molecular weight excluding hydrogens is 358 g/mol. The molecule has 2 aliphatic heterocycles. The molecule has 134 valence electrons. The maximum absolute atomic E-state index is 12.4. The van der Waals surface area contributed by atoms with Gasteiger partial charge in [-0.05, 0) is 37.9 Å². The van der Waals surface area contributed by atoms with Crippen LogP contribution in [0.15, 0.2) is 24.3 Å². The van der Waals surface area contributed by atoms with Gasteiger partial charge in [0, 0.05) is 6.04 Å². The highest BCUT2D eigenvalue weighted by atomic mass is 32.2. The van der Waals surface area contributed by atoms with E-state index in [2.05, 4.69) is 16.3 Å². The second-order valence-corrected chi connectivity index (χ2v) is 10.1. The molecule has 0 radical (unpaired) electrons. The zero-order valence-corrected chi connectivity index (χ0v) is 15.5. The summed E-state index contributed by atoms with van der Waals surface area (Å²) in [4.78, 5) is 19.3. The number of aromatic nitrogens is 1. The molecule has 2 aliphatic rings.